The van der Waals surface area contributed by atoms with E-state index in [1.807, 2.05) is 0 Å². The monoisotopic (exact) mass is 311 g/mol. The number of nitrogens with zero attached hydrogens (tertiary/aromatic N) is 3. The van der Waals surface area contributed by atoms with Gasteiger partial charge in [0, 0.05) is 6.04 Å². The molecule has 0 unspecified atom stereocenters. The maximum Gasteiger partial charge on any atom is 0.411 e. The summed E-state index contributed by atoms with van der Waals surface area (Å²) in [6, 6.07) is 0.130. The maximum atomic E-state index is 12.0. The van der Waals surface area contributed by atoms with Crippen molar-refractivity contribution < 1.29 is 27.8 Å². The third-order valence-electron chi connectivity index (χ3n) is 2.47. The largest absolute Gasteiger partial charge is 0.481 e. The molecule has 1 aliphatic carbocycles. The van der Waals surface area contributed by atoms with Crippen LogP contribution in [0.25, 0.3) is 0 Å². The van der Waals surface area contributed by atoms with Crippen molar-refractivity contribution in [3.63, 3.8) is 0 Å². The van der Waals surface area contributed by atoms with Gasteiger partial charge in [-0.05, 0) is 12.8 Å². The summed E-state index contributed by atoms with van der Waals surface area (Å²) in [5, 5.41) is 16.6. The molecule has 0 saturated heterocycles. The fourth-order valence-electron chi connectivity index (χ4n) is 1.59. The Labute approximate surface area is 116 Å². The maximum absolute atomic E-state index is 12.0. The number of carbonyl (C=O) groups is 1. The minimum Gasteiger partial charge on any atom is -0.481 e. The Morgan fingerprint density at radius 3 is 2.70 bits per heavy atom. The van der Waals surface area contributed by atoms with Crippen LogP contribution in [0.2, 0.25) is 0 Å². The Morgan fingerprint density at radius 1 is 1.45 bits per heavy atom. The van der Waals surface area contributed by atoms with Gasteiger partial charge in [-0.15, -0.1) is 10.2 Å². The summed E-state index contributed by atoms with van der Waals surface area (Å²) in [7, 11) is 0. The van der Waals surface area contributed by atoms with Crippen LogP contribution in [0, 0.1) is 0 Å². The molecule has 1 aromatic rings. The molecule has 0 bridgehead atoms. The van der Waals surface area contributed by atoms with Gasteiger partial charge < -0.3 is 14.4 Å². The number of aromatic nitrogens is 3. The topological polar surface area (TPSA) is 77.2 Å². The number of halogens is 3. The highest BCUT2D eigenvalue weighted by Gasteiger charge is 2.31. The summed E-state index contributed by atoms with van der Waals surface area (Å²) in [5.41, 5.74) is 0. The van der Waals surface area contributed by atoms with Gasteiger partial charge in [-0.3, -0.25) is 4.79 Å². The molecule has 1 saturated carbocycles. The van der Waals surface area contributed by atoms with Crippen LogP contribution in [0.5, 0.6) is 0 Å². The third kappa shape index (κ3) is 4.37. The van der Waals surface area contributed by atoms with Gasteiger partial charge in [-0.1, -0.05) is 11.8 Å². The zero-order valence-electron chi connectivity index (χ0n) is 10.3. The molecule has 1 aromatic heterocycles. The minimum absolute atomic E-state index is 0.130. The smallest absolute Gasteiger partial charge is 0.411 e. The molecule has 1 N–H and O–H groups in total. The lowest BCUT2D eigenvalue weighted by Gasteiger charge is -2.09. The van der Waals surface area contributed by atoms with E-state index in [0.717, 1.165) is 24.6 Å². The number of ether oxygens (including phenoxy) is 1. The van der Waals surface area contributed by atoms with E-state index in [1.165, 1.54) is 0 Å². The van der Waals surface area contributed by atoms with E-state index < -0.39 is 18.8 Å². The predicted octanol–water partition coefficient (Wildman–Crippen LogP) is 1.87. The number of alkyl halides is 3. The molecule has 10 heteroatoms. The molecular weight excluding hydrogens is 299 g/mol. The van der Waals surface area contributed by atoms with Crippen LogP contribution >= 0.6 is 11.8 Å². The van der Waals surface area contributed by atoms with Gasteiger partial charge in [0.25, 0.3) is 0 Å². The Hall–Kier alpha value is -1.29. The zero-order valence-corrected chi connectivity index (χ0v) is 11.1. The Balaban J connectivity index is 1.99. The lowest BCUT2D eigenvalue weighted by atomic mass is 10.5. The lowest BCUT2D eigenvalue weighted by Crippen LogP contribution is -2.18. The van der Waals surface area contributed by atoms with E-state index in [9.17, 15) is 18.0 Å². The first-order valence-electron chi connectivity index (χ1n) is 5.79. The number of carboxylic acid groups (broad SMARTS) is 1. The summed E-state index contributed by atoms with van der Waals surface area (Å²) in [4.78, 5) is 10.5. The summed E-state index contributed by atoms with van der Waals surface area (Å²) >= 11 is 0.995. The van der Waals surface area contributed by atoms with Crippen molar-refractivity contribution in [2.75, 3.05) is 12.4 Å². The average molecular weight is 311 g/mol. The second-order valence-corrected chi connectivity index (χ2v) is 5.23. The summed E-state index contributed by atoms with van der Waals surface area (Å²) in [5.74, 6) is -0.867. The van der Waals surface area contributed by atoms with Gasteiger partial charge in [0.1, 0.15) is 13.2 Å². The number of aliphatic carboxylic acids is 1. The molecule has 0 aromatic carbocycles. The Kier molecular flexibility index (Phi) is 4.53. The highest BCUT2D eigenvalue weighted by Crippen LogP contribution is 2.38. The van der Waals surface area contributed by atoms with Gasteiger partial charge in [0.2, 0.25) is 0 Å². The molecule has 0 spiro atoms. The number of hydrogen-bond acceptors (Lipinski definition) is 5. The van der Waals surface area contributed by atoms with Crippen molar-refractivity contribution >= 4 is 17.7 Å². The van der Waals surface area contributed by atoms with E-state index >= 15 is 0 Å². The Bertz CT molecular complexity index is 488. The number of carboxylic acids is 1. The molecule has 1 fully saturated rings. The van der Waals surface area contributed by atoms with Gasteiger partial charge in [0.15, 0.2) is 11.0 Å². The van der Waals surface area contributed by atoms with Crippen molar-refractivity contribution in [3.05, 3.63) is 5.82 Å². The normalized spacial score (nSPS) is 15.6. The molecule has 1 heterocycles. The average Bonchev–Trinajstić information content (AvgIpc) is 3.07. The van der Waals surface area contributed by atoms with Crippen molar-refractivity contribution in [2.24, 2.45) is 0 Å². The van der Waals surface area contributed by atoms with Crippen LogP contribution < -0.4 is 0 Å². The first-order chi connectivity index (χ1) is 9.37. The van der Waals surface area contributed by atoms with E-state index in [1.54, 1.807) is 4.57 Å². The predicted molar refractivity (Wildman–Crippen MR) is 62.4 cm³/mol. The highest BCUT2D eigenvalue weighted by atomic mass is 32.2. The summed E-state index contributed by atoms with van der Waals surface area (Å²) in [6.45, 7) is -1.64. The fraction of sp³-hybridized carbons (Fsp3) is 0.700. The van der Waals surface area contributed by atoms with Crippen molar-refractivity contribution in [1.82, 2.24) is 14.8 Å². The molecule has 2 rings (SSSR count). The van der Waals surface area contributed by atoms with E-state index in [4.69, 9.17) is 5.11 Å². The molecule has 0 amide bonds. The van der Waals surface area contributed by atoms with Crippen LogP contribution in [0.4, 0.5) is 13.2 Å². The fourth-order valence-corrected chi connectivity index (χ4v) is 2.33. The van der Waals surface area contributed by atoms with Crippen molar-refractivity contribution in [2.45, 2.75) is 36.8 Å². The summed E-state index contributed by atoms with van der Waals surface area (Å²) in [6.07, 6.45) is -2.62. The van der Waals surface area contributed by atoms with Crippen LogP contribution in [0.1, 0.15) is 24.7 Å². The van der Waals surface area contributed by atoms with Crippen LogP contribution in [-0.2, 0) is 16.1 Å². The second kappa shape index (κ2) is 6.00. The number of rotatable bonds is 7. The van der Waals surface area contributed by atoms with E-state index in [0.29, 0.717) is 11.0 Å². The van der Waals surface area contributed by atoms with Crippen molar-refractivity contribution in [1.29, 1.82) is 0 Å². The zero-order chi connectivity index (χ0) is 14.8. The SMILES string of the molecule is O=C(O)CSc1nnc(COCC(F)(F)F)n1C1CC1. The molecule has 0 atom stereocenters. The molecule has 0 radical (unpaired) electrons. The van der Waals surface area contributed by atoms with Crippen LogP contribution in [-0.4, -0.2) is 44.4 Å². The number of thioether (sulfide) groups is 1. The molecule has 1 aliphatic rings. The quantitative estimate of drug-likeness (QED) is 0.775. The highest BCUT2D eigenvalue weighted by molar-refractivity contribution is 7.99. The molecule has 20 heavy (non-hydrogen) atoms. The van der Waals surface area contributed by atoms with E-state index in [-0.39, 0.29) is 18.4 Å². The van der Waals surface area contributed by atoms with Crippen LogP contribution in [0.15, 0.2) is 5.16 Å². The standard InChI is InChI=1S/C10H12F3N3O3S/c11-10(12,13)5-19-3-7-14-15-9(20-4-8(17)18)16(7)6-1-2-6/h6H,1-5H2,(H,17,18). The van der Waals surface area contributed by atoms with Crippen molar-refractivity contribution in [3.8, 4) is 0 Å². The molecule has 0 aliphatic heterocycles. The van der Waals surface area contributed by atoms with E-state index in [2.05, 4.69) is 14.9 Å². The molecule has 6 nitrogen and oxygen atoms in total. The molecular formula is C10H12F3N3O3S. The summed E-state index contributed by atoms with van der Waals surface area (Å²) < 4.78 is 42.3. The number of hydrogen-bond donors (Lipinski definition) is 1. The second-order valence-electron chi connectivity index (χ2n) is 4.29. The minimum atomic E-state index is -4.38. The lowest BCUT2D eigenvalue weighted by molar-refractivity contribution is -0.177. The van der Waals surface area contributed by atoms with Gasteiger partial charge in [0.05, 0.1) is 5.75 Å². The van der Waals surface area contributed by atoms with Gasteiger partial charge in [-0.2, -0.15) is 13.2 Å². The van der Waals surface area contributed by atoms with Gasteiger partial charge in [-0.25, -0.2) is 0 Å². The van der Waals surface area contributed by atoms with Crippen LogP contribution in [0.3, 0.4) is 0 Å². The van der Waals surface area contributed by atoms with Gasteiger partial charge >= 0.3 is 12.1 Å². The molecule has 112 valence electrons. The Morgan fingerprint density at radius 2 is 2.15 bits per heavy atom. The first kappa shape index (κ1) is 15.1. The third-order valence-corrected chi connectivity index (χ3v) is 3.40. The first-order valence-corrected chi connectivity index (χ1v) is 6.78.